The average molecular weight is 209 g/mol. The maximum Gasteiger partial charge on any atom is 0.0538 e. The van der Waals surface area contributed by atoms with E-state index >= 15 is 0 Å². The monoisotopic (exact) mass is 209 g/mol. The molecule has 0 aromatic carbocycles. The third-order valence-corrected chi connectivity index (χ3v) is 3.21. The maximum atomic E-state index is 5.85. The van der Waals surface area contributed by atoms with Crippen molar-refractivity contribution in [1.29, 1.82) is 0 Å². The third kappa shape index (κ3) is 2.21. The number of nitrogens with two attached hydrogens (primary N) is 1. The topological polar surface area (TPSA) is 53.1 Å². The van der Waals surface area contributed by atoms with Gasteiger partial charge >= 0.3 is 0 Å². The van der Waals surface area contributed by atoms with Gasteiger partial charge in [0.05, 0.1) is 12.8 Å². The van der Waals surface area contributed by atoms with Crippen molar-refractivity contribution in [2.24, 2.45) is 11.1 Å². The molecule has 2 N–H and O–H groups in total. The molecule has 1 saturated heterocycles. The lowest BCUT2D eigenvalue weighted by Gasteiger charge is -2.24. The van der Waals surface area contributed by atoms with E-state index in [0.29, 0.717) is 6.54 Å². The van der Waals surface area contributed by atoms with Gasteiger partial charge in [0.25, 0.3) is 0 Å². The molecular formula is C11H19N3O. The van der Waals surface area contributed by atoms with Crippen LogP contribution in [0.15, 0.2) is 12.4 Å². The van der Waals surface area contributed by atoms with Crippen molar-refractivity contribution >= 4 is 0 Å². The van der Waals surface area contributed by atoms with Crippen LogP contribution in [0.1, 0.15) is 18.9 Å². The molecular weight excluding hydrogens is 190 g/mol. The van der Waals surface area contributed by atoms with Crippen LogP contribution >= 0.6 is 0 Å². The Bertz CT molecular complexity index is 315. The predicted octanol–water partition coefficient (Wildman–Crippen LogP) is 0.811. The quantitative estimate of drug-likeness (QED) is 0.798. The van der Waals surface area contributed by atoms with E-state index in [1.807, 2.05) is 10.9 Å². The van der Waals surface area contributed by atoms with Crippen LogP contribution in [0, 0.1) is 5.41 Å². The first-order chi connectivity index (χ1) is 7.28. The molecule has 0 amide bonds. The molecule has 1 atom stereocenters. The summed E-state index contributed by atoms with van der Waals surface area (Å²) in [5.41, 5.74) is 7.27. The molecule has 2 rings (SSSR count). The highest BCUT2D eigenvalue weighted by atomic mass is 16.5. The summed E-state index contributed by atoms with van der Waals surface area (Å²) in [6.07, 6.45) is 6.11. The van der Waals surface area contributed by atoms with Gasteiger partial charge in [-0.3, -0.25) is 4.68 Å². The van der Waals surface area contributed by atoms with Crippen LogP contribution in [-0.2, 0) is 17.7 Å². The van der Waals surface area contributed by atoms with Crippen molar-refractivity contribution in [2.75, 3.05) is 19.8 Å². The largest absolute Gasteiger partial charge is 0.381 e. The highest BCUT2D eigenvalue weighted by Gasteiger charge is 2.33. The lowest BCUT2D eigenvalue weighted by molar-refractivity contribution is 0.154. The zero-order valence-electron chi connectivity index (χ0n) is 9.28. The van der Waals surface area contributed by atoms with Gasteiger partial charge in [0, 0.05) is 31.3 Å². The minimum Gasteiger partial charge on any atom is -0.381 e. The summed E-state index contributed by atoms with van der Waals surface area (Å²) in [4.78, 5) is 0. The molecule has 1 aliphatic rings. The van der Waals surface area contributed by atoms with Gasteiger partial charge in [-0.2, -0.15) is 5.10 Å². The van der Waals surface area contributed by atoms with E-state index in [0.717, 1.165) is 32.6 Å². The van der Waals surface area contributed by atoms with Gasteiger partial charge in [-0.15, -0.1) is 0 Å². The van der Waals surface area contributed by atoms with Gasteiger partial charge in [-0.25, -0.2) is 0 Å². The number of aromatic nitrogens is 2. The van der Waals surface area contributed by atoms with Crippen LogP contribution in [0.4, 0.5) is 0 Å². The predicted molar refractivity (Wildman–Crippen MR) is 58.5 cm³/mol. The molecule has 0 spiro atoms. The number of nitrogens with zero attached hydrogens (tertiary/aromatic N) is 2. The summed E-state index contributed by atoms with van der Waals surface area (Å²) < 4.78 is 7.40. The first-order valence-corrected chi connectivity index (χ1v) is 5.57. The van der Waals surface area contributed by atoms with Gasteiger partial charge in [-0.1, -0.05) is 0 Å². The fraction of sp³-hybridized carbons (Fsp3) is 0.727. The summed E-state index contributed by atoms with van der Waals surface area (Å²) in [6, 6.07) is 0. The first kappa shape index (κ1) is 10.6. The second-order valence-corrected chi connectivity index (χ2v) is 4.39. The minimum atomic E-state index is 0.154. The summed E-state index contributed by atoms with van der Waals surface area (Å²) in [7, 11) is 0. The molecule has 4 heteroatoms. The highest BCUT2D eigenvalue weighted by Crippen LogP contribution is 2.31. The molecule has 0 aliphatic carbocycles. The molecule has 2 heterocycles. The van der Waals surface area contributed by atoms with Gasteiger partial charge in [0.2, 0.25) is 0 Å². The summed E-state index contributed by atoms with van der Waals surface area (Å²) in [5, 5.41) is 4.28. The second kappa shape index (κ2) is 4.33. The highest BCUT2D eigenvalue weighted by molar-refractivity contribution is 5.09. The number of hydrogen-bond donors (Lipinski definition) is 1. The van der Waals surface area contributed by atoms with Crippen LogP contribution in [0.5, 0.6) is 0 Å². The molecule has 1 aromatic heterocycles. The Balaban J connectivity index is 2.05. The fourth-order valence-corrected chi connectivity index (χ4v) is 2.13. The fourth-order valence-electron chi connectivity index (χ4n) is 2.13. The Hall–Kier alpha value is -0.870. The van der Waals surface area contributed by atoms with Crippen molar-refractivity contribution in [3.63, 3.8) is 0 Å². The lowest BCUT2D eigenvalue weighted by Crippen LogP contribution is -2.33. The van der Waals surface area contributed by atoms with E-state index in [2.05, 4.69) is 18.2 Å². The third-order valence-electron chi connectivity index (χ3n) is 3.21. The second-order valence-electron chi connectivity index (χ2n) is 4.39. The molecule has 15 heavy (non-hydrogen) atoms. The summed E-state index contributed by atoms with van der Waals surface area (Å²) >= 11 is 0. The number of aryl methyl sites for hydroxylation is 1. The average Bonchev–Trinajstić information content (AvgIpc) is 2.88. The van der Waals surface area contributed by atoms with E-state index in [-0.39, 0.29) is 5.41 Å². The van der Waals surface area contributed by atoms with Gasteiger partial charge in [0.15, 0.2) is 0 Å². The van der Waals surface area contributed by atoms with Crippen LogP contribution in [0.25, 0.3) is 0 Å². The van der Waals surface area contributed by atoms with Crippen molar-refractivity contribution in [3.05, 3.63) is 18.0 Å². The van der Waals surface area contributed by atoms with Crippen LogP contribution < -0.4 is 5.73 Å². The molecule has 84 valence electrons. The van der Waals surface area contributed by atoms with E-state index in [9.17, 15) is 0 Å². The Morgan fingerprint density at radius 3 is 3.07 bits per heavy atom. The Labute approximate surface area is 90.4 Å². The van der Waals surface area contributed by atoms with Gasteiger partial charge < -0.3 is 10.5 Å². The van der Waals surface area contributed by atoms with Crippen molar-refractivity contribution in [2.45, 2.75) is 26.3 Å². The first-order valence-electron chi connectivity index (χ1n) is 5.57. The van der Waals surface area contributed by atoms with Crippen LogP contribution in [0.3, 0.4) is 0 Å². The molecule has 0 radical (unpaired) electrons. The van der Waals surface area contributed by atoms with Gasteiger partial charge in [0.1, 0.15) is 0 Å². The van der Waals surface area contributed by atoms with E-state index in [1.54, 1.807) is 0 Å². The number of ether oxygens (including phenoxy) is 1. The molecule has 1 unspecified atom stereocenters. The van der Waals surface area contributed by atoms with E-state index in [1.165, 1.54) is 5.56 Å². The molecule has 1 aromatic rings. The molecule has 4 nitrogen and oxygen atoms in total. The standard InChI is InChI=1S/C11H19N3O/c1-2-14-7-10(6-13-14)5-11(8-12)3-4-15-9-11/h6-7H,2-5,8-9,12H2,1H3. The SMILES string of the molecule is CCn1cc(CC2(CN)CCOC2)cn1. The maximum absolute atomic E-state index is 5.85. The van der Waals surface area contributed by atoms with Gasteiger partial charge in [-0.05, 0) is 25.3 Å². The van der Waals surface area contributed by atoms with E-state index < -0.39 is 0 Å². The summed E-state index contributed by atoms with van der Waals surface area (Å²) in [6.45, 7) is 5.35. The van der Waals surface area contributed by atoms with Crippen LogP contribution in [0.2, 0.25) is 0 Å². The molecule has 1 fully saturated rings. The molecule has 0 bridgehead atoms. The smallest absolute Gasteiger partial charge is 0.0538 e. The van der Waals surface area contributed by atoms with E-state index in [4.69, 9.17) is 10.5 Å². The Morgan fingerprint density at radius 1 is 1.67 bits per heavy atom. The Morgan fingerprint density at radius 2 is 2.53 bits per heavy atom. The summed E-state index contributed by atoms with van der Waals surface area (Å²) in [5.74, 6) is 0. The zero-order chi connectivity index (χ0) is 10.7. The lowest BCUT2D eigenvalue weighted by atomic mass is 9.82. The van der Waals surface area contributed by atoms with Crippen LogP contribution in [-0.4, -0.2) is 29.5 Å². The van der Waals surface area contributed by atoms with Crippen molar-refractivity contribution < 1.29 is 4.74 Å². The number of rotatable bonds is 4. The normalized spacial score (nSPS) is 26.0. The van der Waals surface area contributed by atoms with Crippen molar-refractivity contribution in [1.82, 2.24) is 9.78 Å². The Kier molecular flexibility index (Phi) is 3.07. The number of hydrogen-bond acceptors (Lipinski definition) is 3. The zero-order valence-corrected chi connectivity index (χ0v) is 9.28. The molecule has 1 aliphatic heterocycles. The molecule has 0 saturated carbocycles. The minimum absolute atomic E-state index is 0.154. The van der Waals surface area contributed by atoms with Crippen molar-refractivity contribution in [3.8, 4) is 0 Å².